The molecule has 13 heteroatoms. The maximum Gasteiger partial charge on any atom is 0.407 e. The van der Waals surface area contributed by atoms with Crippen molar-refractivity contribution in [1.29, 1.82) is 0 Å². The number of nitrogens with one attached hydrogen (secondary N) is 2. The van der Waals surface area contributed by atoms with Crippen molar-refractivity contribution in [1.82, 2.24) is 25.3 Å². The van der Waals surface area contributed by atoms with Gasteiger partial charge in [0.15, 0.2) is 0 Å². The van der Waals surface area contributed by atoms with Crippen LogP contribution < -0.4 is 10.6 Å². The molecule has 4 heterocycles. The third kappa shape index (κ3) is 4.66. The fourth-order valence-electron chi connectivity index (χ4n) is 4.85. The average molecular weight is 534 g/mol. The number of carbonyl (C=O) groups excluding carboxylic acids is 4. The third-order valence-corrected chi connectivity index (χ3v) is 7.11. The van der Waals surface area contributed by atoms with Gasteiger partial charge in [-0.3, -0.25) is 24.4 Å². The van der Waals surface area contributed by atoms with Gasteiger partial charge >= 0.3 is 6.09 Å². The number of carbonyl (C=O) groups is 4. The molecule has 1 unspecified atom stereocenters. The minimum Gasteiger partial charge on any atom is -0.443 e. The van der Waals surface area contributed by atoms with E-state index >= 15 is 4.39 Å². The van der Waals surface area contributed by atoms with Gasteiger partial charge in [-0.15, -0.1) is 0 Å². The second-order valence-electron chi connectivity index (χ2n) is 9.62. The van der Waals surface area contributed by atoms with Gasteiger partial charge in [-0.25, -0.2) is 9.18 Å². The normalized spacial score (nSPS) is 20.4. The van der Waals surface area contributed by atoms with E-state index in [1.807, 2.05) is 24.6 Å². The quantitative estimate of drug-likeness (QED) is 0.563. The maximum atomic E-state index is 15.3. The highest BCUT2D eigenvalue weighted by molar-refractivity contribution is 6.32. The Morgan fingerprint density at radius 3 is 2.86 bits per heavy atom. The van der Waals surface area contributed by atoms with Gasteiger partial charge in [-0.1, -0.05) is 11.6 Å². The summed E-state index contributed by atoms with van der Waals surface area (Å²) in [5.41, 5.74) is 0.946. The van der Waals surface area contributed by atoms with Crippen LogP contribution in [-0.2, 0) is 50.9 Å². The van der Waals surface area contributed by atoms with Gasteiger partial charge in [-0.05, 0) is 32.4 Å². The van der Waals surface area contributed by atoms with Crippen LogP contribution in [0.15, 0.2) is 12.1 Å². The fraction of sp³-hybridized carbons (Fsp3) is 0.458. The van der Waals surface area contributed by atoms with E-state index in [1.54, 1.807) is 0 Å². The SMILES string of the molecule is CC1(C)OCCn2nc(COC(=O)NCc3cc(Cl)c4c(c3F)C(=O)N(C3CCC(=O)NC3=O)C4)cc21. The molecule has 0 bridgehead atoms. The number of fused-ring (bicyclic) bond motifs is 2. The molecule has 2 N–H and O–H groups in total. The summed E-state index contributed by atoms with van der Waals surface area (Å²) in [5, 5.41) is 9.23. The molecule has 1 aromatic heterocycles. The van der Waals surface area contributed by atoms with E-state index < -0.39 is 41.3 Å². The molecule has 0 radical (unpaired) electrons. The van der Waals surface area contributed by atoms with Crippen molar-refractivity contribution in [3.05, 3.63) is 51.1 Å². The van der Waals surface area contributed by atoms with Crippen LogP contribution in [-0.4, -0.2) is 51.1 Å². The number of piperidine rings is 1. The van der Waals surface area contributed by atoms with Crippen LogP contribution in [0.1, 0.15) is 59.6 Å². The molecule has 11 nitrogen and oxygen atoms in total. The average Bonchev–Trinajstić information content (AvgIpc) is 3.41. The van der Waals surface area contributed by atoms with Gasteiger partial charge in [0.25, 0.3) is 5.91 Å². The van der Waals surface area contributed by atoms with Crippen molar-refractivity contribution >= 4 is 35.4 Å². The Hall–Kier alpha value is -3.51. The van der Waals surface area contributed by atoms with Gasteiger partial charge in [0.2, 0.25) is 11.8 Å². The second-order valence-corrected chi connectivity index (χ2v) is 10.0. The van der Waals surface area contributed by atoms with E-state index in [1.165, 1.54) is 11.0 Å². The molecule has 1 aromatic carbocycles. The number of hydrogen-bond donors (Lipinski definition) is 2. The highest BCUT2D eigenvalue weighted by Crippen LogP contribution is 2.35. The summed E-state index contributed by atoms with van der Waals surface area (Å²) < 4.78 is 28.1. The number of hydrogen-bond acceptors (Lipinski definition) is 7. The predicted molar refractivity (Wildman–Crippen MR) is 126 cm³/mol. The lowest BCUT2D eigenvalue weighted by Crippen LogP contribution is -2.52. The summed E-state index contributed by atoms with van der Waals surface area (Å²) in [7, 11) is 0. The summed E-state index contributed by atoms with van der Waals surface area (Å²) >= 11 is 6.34. The topological polar surface area (TPSA) is 132 Å². The number of alkyl carbamates (subject to hydrolysis) is 1. The van der Waals surface area contributed by atoms with Crippen LogP contribution in [0.4, 0.5) is 9.18 Å². The first-order valence-electron chi connectivity index (χ1n) is 11.8. The smallest absolute Gasteiger partial charge is 0.407 e. The van der Waals surface area contributed by atoms with Gasteiger partial charge in [0, 0.05) is 35.7 Å². The standard InChI is InChI=1S/C24H25ClFN5O6/c1-24(2)17-8-13(29-31(17)5-6-37-24)11-36-23(35)27-9-12-7-15(25)14-10-30(22(34)19(14)20(12)26)16-3-4-18(32)28-21(16)33/h7-8,16H,3-6,9-11H2,1-2H3,(H,27,35)(H,28,32,33). The van der Waals surface area contributed by atoms with Crippen LogP contribution in [0, 0.1) is 5.82 Å². The Kier molecular flexibility index (Phi) is 6.40. The fourth-order valence-corrected chi connectivity index (χ4v) is 5.14. The Balaban J connectivity index is 1.23. The minimum atomic E-state index is -0.893. The molecule has 3 aliphatic rings. The monoisotopic (exact) mass is 533 g/mol. The first-order valence-corrected chi connectivity index (χ1v) is 12.2. The zero-order chi connectivity index (χ0) is 26.5. The van der Waals surface area contributed by atoms with Crippen LogP contribution in [0.2, 0.25) is 5.02 Å². The lowest BCUT2D eigenvalue weighted by Gasteiger charge is -2.30. The Bertz CT molecular complexity index is 1330. The molecule has 0 saturated carbocycles. The summed E-state index contributed by atoms with van der Waals surface area (Å²) in [5.74, 6) is -2.54. The van der Waals surface area contributed by atoms with Crippen LogP contribution in [0.25, 0.3) is 0 Å². The number of ether oxygens (including phenoxy) is 2. The summed E-state index contributed by atoms with van der Waals surface area (Å²) in [6.45, 7) is 4.58. The van der Waals surface area contributed by atoms with Crippen molar-refractivity contribution in [2.45, 2.75) is 64.6 Å². The first kappa shape index (κ1) is 25.2. The summed E-state index contributed by atoms with van der Waals surface area (Å²) in [6, 6.07) is 2.25. The highest BCUT2D eigenvalue weighted by atomic mass is 35.5. The molecule has 3 aliphatic heterocycles. The molecule has 1 fully saturated rings. The minimum absolute atomic E-state index is 0.00414. The van der Waals surface area contributed by atoms with Crippen LogP contribution >= 0.6 is 11.6 Å². The summed E-state index contributed by atoms with van der Waals surface area (Å²) in [4.78, 5) is 50.2. The number of amides is 4. The lowest BCUT2D eigenvalue weighted by molar-refractivity contribution is -0.136. The zero-order valence-corrected chi connectivity index (χ0v) is 21.0. The molecule has 196 valence electrons. The molecule has 4 amide bonds. The van der Waals surface area contributed by atoms with Gasteiger partial charge in [0.1, 0.15) is 29.8 Å². The summed E-state index contributed by atoms with van der Waals surface area (Å²) in [6.07, 6.45) is -0.570. The number of halogens is 2. The van der Waals surface area contributed by atoms with E-state index in [2.05, 4.69) is 15.7 Å². The van der Waals surface area contributed by atoms with Crippen LogP contribution in [0.3, 0.4) is 0 Å². The van der Waals surface area contributed by atoms with E-state index in [0.29, 0.717) is 18.8 Å². The van der Waals surface area contributed by atoms with Crippen molar-refractivity contribution in [3.8, 4) is 0 Å². The number of rotatable bonds is 5. The molecule has 0 spiro atoms. The largest absolute Gasteiger partial charge is 0.443 e. The van der Waals surface area contributed by atoms with E-state index in [-0.39, 0.29) is 54.3 Å². The molecular formula is C24H25ClFN5O6. The molecule has 0 aliphatic carbocycles. The van der Waals surface area contributed by atoms with Gasteiger partial charge in [0.05, 0.1) is 24.4 Å². The van der Waals surface area contributed by atoms with E-state index in [9.17, 15) is 19.2 Å². The Labute approximate surface area is 216 Å². The Morgan fingerprint density at radius 2 is 2.14 bits per heavy atom. The maximum absolute atomic E-state index is 15.3. The zero-order valence-electron chi connectivity index (χ0n) is 20.2. The number of imide groups is 1. The van der Waals surface area contributed by atoms with Crippen molar-refractivity contribution in [2.75, 3.05) is 6.61 Å². The number of aromatic nitrogens is 2. The second kappa shape index (κ2) is 9.42. The highest BCUT2D eigenvalue weighted by Gasteiger charge is 2.42. The predicted octanol–water partition coefficient (Wildman–Crippen LogP) is 2.13. The molecular weight excluding hydrogens is 509 g/mol. The number of nitrogens with zero attached hydrogens (tertiary/aromatic N) is 3. The molecule has 1 atom stereocenters. The lowest BCUT2D eigenvalue weighted by atomic mass is 10.0. The Morgan fingerprint density at radius 1 is 1.35 bits per heavy atom. The molecule has 37 heavy (non-hydrogen) atoms. The first-order chi connectivity index (χ1) is 17.5. The molecule has 1 saturated heterocycles. The van der Waals surface area contributed by atoms with Crippen molar-refractivity contribution in [2.24, 2.45) is 0 Å². The van der Waals surface area contributed by atoms with E-state index in [4.69, 9.17) is 21.1 Å². The van der Waals surface area contributed by atoms with Crippen molar-refractivity contribution < 1.29 is 33.0 Å². The molecule has 5 rings (SSSR count). The van der Waals surface area contributed by atoms with E-state index in [0.717, 1.165) is 5.69 Å². The van der Waals surface area contributed by atoms with Crippen molar-refractivity contribution in [3.63, 3.8) is 0 Å². The van der Waals surface area contributed by atoms with Gasteiger partial charge in [-0.2, -0.15) is 5.10 Å². The molecule has 2 aromatic rings. The van der Waals surface area contributed by atoms with Gasteiger partial charge < -0.3 is 19.7 Å². The van der Waals surface area contributed by atoms with Crippen LogP contribution in [0.5, 0.6) is 0 Å². The number of benzene rings is 1. The third-order valence-electron chi connectivity index (χ3n) is 6.77.